The van der Waals surface area contributed by atoms with Crippen LogP contribution in [0.3, 0.4) is 0 Å². The van der Waals surface area contributed by atoms with Gasteiger partial charge in [-0.3, -0.25) is 14.6 Å². The van der Waals surface area contributed by atoms with Crippen molar-refractivity contribution in [3.63, 3.8) is 0 Å². The number of hydrogen-bond acceptors (Lipinski definition) is 4. The standard InChI is InChI=1S/C38H49N5O/c1-2-3-26-42(38(44)32-20-18-31(19-21-32)27-40-22-10-4-11-23-40)30-37-39-35-16-8-9-17-36(35)43(37)29-34-15-7-6-14-33(34)28-41-24-12-5-13-25-41/h6-9,14-21H,2-5,10-13,22-30H2,1H3. The number of nitrogens with zero attached hydrogens (tertiary/aromatic N) is 5. The largest absolute Gasteiger partial charge is 0.331 e. The van der Waals surface area contributed by atoms with Gasteiger partial charge >= 0.3 is 0 Å². The van der Waals surface area contributed by atoms with E-state index in [2.05, 4.69) is 82.0 Å². The first-order valence-corrected chi connectivity index (χ1v) is 17.0. The van der Waals surface area contributed by atoms with Crippen molar-refractivity contribution in [1.29, 1.82) is 0 Å². The summed E-state index contributed by atoms with van der Waals surface area (Å²) in [6, 6.07) is 25.6. The number of rotatable bonds is 12. The molecular formula is C38H49N5O. The van der Waals surface area contributed by atoms with Crippen LogP contribution < -0.4 is 0 Å². The van der Waals surface area contributed by atoms with Crippen LogP contribution in [0.15, 0.2) is 72.8 Å². The molecule has 0 atom stereocenters. The number of carbonyl (C=O) groups is 1. The highest BCUT2D eigenvalue weighted by molar-refractivity contribution is 5.94. The lowest BCUT2D eigenvalue weighted by molar-refractivity contribution is 0.0735. The molecular weight excluding hydrogens is 542 g/mol. The molecule has 0 unspecified atom stereocenters. The summed E-state index contributed by atoms with van der Waals surface area (Å²) in [7, 11) is 0. The third kappa shape index (κ3) is 7.59. The molecule has 0 spiro atoms. The minimum absolute atomic E-state index is 0.0899. The van der Waals surface area contributed by atoms with Gasteiger partial charge in [-0.2, -0.15) is 0 Å². The van der Waals surface area contributed by atoms with E-state index in [0.29, 0.717) is 6.54 Å². The monoisotopic (exact) mass is 591 g/mol. The van der Waals surface area contributed by atoms with Crippen LogP contribution in [0, 0.1) is 0 Å². The highest BCUT2D eigenvalue weighted by atomic mass is 16.2. The summed E-state index contributed by atoms with van der Waals surface area (Å²) in [6.07, 6.45) is 9.86. The van der Waals surface area contributed by atoms with Crippen molar-refractivity contribution in [2.75, 3.05) is 32.7 Å². The fourth-order valence-electron chi connectivity index (χ4n) is 6.90. The van der Waals surface area contributed by atoms with E-state index in [1.54, 1.807) is 0 Å². The number of carbonyl (C=O) groups excluding carboxylic acids is 1. The van der Waals surface area contributed by atoms with Crippen molar-refractivity contribution >= 4 is 16.9 Å². The van der Waals surface area contributed by atoms with Crippen LogP contribution in [0.5, 0.6) is 0 Å². The Morgan fingerprint density at radius 1 is 0.727 bits per heavy atom. The van der Waals surface area contributed by atoms with Gasteiger partial charge < -0.3 is 9.47 Å². The molecule has 3 aromatic carbocycles. The fraction of sp³-hybridized carbons (Fsp3) is 0.474. The summed E-state index contributed by atoms with van der Waals surface area (Å²) in [5, 5.41) is 0. The number of fused-ring (bicyclic) bond motifs is 1. The van der Waals surface area contributed by atoms with E-state index >= 15 is 0 Å². The van der Waals surface area contributed by atoms with Crippen molar-refractivity contribution in [2.24, 2.45) is 0 Å². The highest BCUT2D eigenvalue weighted by Gasteiger charge is 2.21. The molecule has 2 aliphatic rings. The summed E-state index contributed by atoms with van der Waals surface area (Å²) in [6.45, 7) is 10.8. The lowest BCUT2D eigenvalue weighted by atomic mass is 10.0. The average molecular weight is 592 g/mol. The maximum absolute atomic E-state index is 14.0. The van der Waals surface area contributed by atoms with Gasteiger partial charge in [0.1, 0.15) is 5.82 Å². The molecule has 2 fully saturated rings. The SMILES string of the molecule is CCCCN(Cc1nc2ccccc2n1Cc1ccccc1CN1CCCCC1)C(=O)c1ccc(CN2CCCCC2)cc1. The van der Waals surface area contributed by atoms with Crippen LogP contribution in [0.25, 0.3) is 11.0 Å². The molecule has 6 nitrogen and oxygen atoms in total. The number of likely N-dealkylation sites (tertiary alicyclic amines) is 2. The summed E-state index contributed by atoms with van der Waals surface area (Å²) in [5.74, 6) is 1.04. The zero-order valence-electron chi connectivity index (χ0n) is 26.6. The fourth-order valence-corrected chi connectivity index (χ4v) is 6.90. The van der Waals surface area contributed by atoms with Crippen LogP contribution in [-0.4, -0.2) is 62.9 Å². The maximum atomic E-state index is 14.0. The Hall–Kier alpha value is -3.48. The minimum Gasteiger partial charge on any atom is -0.331 e. The molecule has 2 aliphatic heterocycles. The van der Waals surface area contributed by atoms with Crippen molar-refractivity contribution in [1.82, 2.24) is 24.3 Å². The van der Waals surface area contributed by atoms with Gasteiger partial charge in [0.15, 0.2) is 0 Å². The van der Waals surface area contributed by atoms with Crippen LogP contribution in [0.1, 0.15) is 91.2 Å². The van der Waals surface area contributed by atoms with Crippen LogP contribution >= 0.6 is 0 Å². The van der Waals surface area contributed by atoms with E-state index in [-0.39, 0.29) is 5.91 Å². The van der Waals surface area contributed by atoms with E-state index in [0.717, 1.165) is 61.4 Å². The number of amides is 1. The first-order valence-electron chi connectivity index (χ1n) is 17.0. The van der Waals surface area contributed by atoms with Gasteiger partial charge in [0.2, 0.25) is 0 Å². The first-order chi connectivity index (χ1) is 21.7. The van der Waals surface area contributed by atoms with Gasteiger partial charge in [0.05, 0.1) is 17.6 Å². The lowest BCUT2D eigenvalue weighted by Gasteiger charge is -2.27. The third-order valence-electron chi connectivity index (χ3n) is 9.48. The molecule has 0 radical (unpaired) electrons. The van der Waals surface area contributed by atoms with E-state index in [1.165, 1.54) is 81.4 Å². The molecule has 3 heterocycles. The summed E-state index contributed by atoms with van der Waals surface area (Å²) < 4.78 is 2.35. The molecule has 0 aliphatic carbocycles. The summed E-state index contributed by atoms with van der Waals surface area (Å²) >= 11 is 0. The normalized spacial score (nSPS) is 16.4. The quantitative estimate of drug-likeness (QED) is 0.171. The molecule has 1 aromatic heterocycles. The molecule has 6 heteroatoms. The number of piperidine rings is 2. The van der Waals surface area contributed by atoms with Crippen LogP contribution in [-0.2, 0) is 26.2 Å². The molecule has 2 saturated heterocycles. The van der Waals surface area contributed by atoms with E-state index in [4.69, 9.17) is 4.98 Å². The highest BCUT2D eigenvalue weighted by Crippen LogP contribution is 2.24. The maximum Gasteiger partial charge on any atom is 0.254 e. The third-order valence-corrected chi connectivity index (χ3v) is 9.48. The minimum atomic E-state index is 0.0899. The number of aromatic nitrogens is 2. The average Bonchev–Trinajstić information content (AvgIpc) is 3.41. The molecule has 0 saturated carbocycles. The number of para-hydroxylation sites is 2. The smallest absolute Gasteiger partial charge is 0.254 e. The van der Waals surface area contributed by atoms with Gasteiger partial charge in [-0.25, -0.2) is 4.98 Å². The first kappa shape index (κ1) is 30.5. The molecule has 4 aromatic rings. The number of unbranched alkanes of at least 4 members (excludes halogenated alkanes) is 1. The topological polar surface area (TPSA) is 44.6 Å². The Morgan fingerprint density at radius 3 is 2.02 bits per heavy atom. The van der Waals surface area contributed by atoms with Crippen molar-refractivity contribution in [3.05, 3.63) is 101 Å². The van der Waals surface area contributed by atoms with Crippen molar-refractivity contribution < 1.29 is 4.79 Å². The Balaban J connectivity index is 1.24. The molecule has 0 N–H and O–H groups in total. The summed E-state index contributed by atoms with van der Waals surface area (Å²) in [5.41, 5.74) is 6.88. The van der Waals surface area contributed by atoms with Gasteiger partial charge in [0, 0.05) is 31.7 Å². The van der Waals surface area contributed by atoms with E-state index in [1.807, 2.05) is 17.0 Å². The Morgan fingerprint density at radius 2 is 1.34 bits per heavy atom. The second-order valence-corrected chi connectivity index (χ2v) is 12.8. The van der Waals surface area contributed by atoms with E-state index in [9.17, 15) is 4.79 Å². The number of benzene rings is 3. The van der Waals surface area contributed by atoms with Gasteiger partial charge in [-0.15, -0.1) is 0 Å². The molecule has 44 heavy (non-hydrogen) atoms. The second-order valence-electron chi connectivity index (χ2n) is 12.8. The van der Waals surface area contributed by atoms with Gasteiger partial charge in [-0.1, -0.05) is 74.7 Å². The zero-order valence-corrected chi connectivity index (χ0v) is 26.6. The van der Waals surface area contributed by atoms with Crippen molar-refractivity contribution in [3.8, 4) is 0 Å². The zero-order chi connectivity index (χ0) is 30.1. The molecule has 6 rings (SSSR count). The Bertz CT molecular complexity index is 1500. The molecule has 1 amide bonds. The van der Waals surface area contributed by atoms with Gasteiger partial charge in [0.25, 0.3) is 5.91 Å². The second kappa shape index (κ2) is 15.0. The number of hydrogen-bond donors (Lipinski definition) is 0. The molecule has 0 bridgehead atoms. The predicted octanol–water partition coefficient (Wildman–Crippen LogP) is 7.50. The Labute approximate surface area is 263 Å². The van der Waals surface area contributed by atoms with Crippen molar-refractivity contribution in [2.45, 2.75) is 84.5 Å². The number of imidazole rings is 1. The Kier molecular flexibility index (Phi) is 10.4. The summed E-state index contributed by atoms with van der Waals surface area (Å²) in [4.78, 5) is 26.2. The van der Waals surface area contributed by atoms with Crippen LogP contribution in [0.2, 0.25) is 0 Å². The van der Waals surface area contributed by atoms with Gasteiger partial charge in [-0.05, 0) is 99.2 Å². The van der Waals surface area contributed by atoms with Crippen LogP contribution in [0.4, 0.5) is 0 Å². The lowest BCUT2D eigenvalue weighted by Crippen LogP contribution is -2.33. The van der Waals surface area contributed by atoms with E-state index < -0.39 is 0 Å². The predicted molar refractivity (Wildman–Crippen MR) is 180 cm³/mol. The molecule has 232 valence electrons.